The monoisotopic (exact) mass is 386 g/mol. The van der Waals surface area contributed by atoms with Gasteiger partial charge in [0.25, 0.3) is 0 Å². The molecule has 0 fully saturated rings. The molecule has 0 saturated carbocycles. The lowest BCUT2D eigenvalue weighted by atomic mass is 10.1. The molecule has 2 aromatic rings. The number of para-hydroxylation sites is 1. The third kappa shape index (κ3) is 5.96. The molecule has 2 aromatic carbocycles. The summed E-state index contributed by atoms with van der Waals surface area (Å²) in [6, 6.07) is 13.5. The number of carbonyl (C=O) groups excluding carboxylic acids is 1. The number of methoxy groups -OCH3 is 1. The molecule has 0 aliphatic carbocycles. The summed E-state index contributed by atoms with van der Waals surface area (Å²) in [4.78, 5) is 11.8. The highest BCUT2D eigenvalue weighted by molar-refractivity contribution is 7.80. The first-order chi connectivity index (χ1) is 13.1. The molecule has 5 nitrogen and oxygen atoms in total. The van der Waals surface area contributed by atoms with Gasteiger partial charge in [0.05, 0.1) is 19.3 Å². The highest BCUT2D eigenvalue weighted by Crippen LogP contribution is 2.20. The predicted octanol–water partition coefficient (Wildman–Crippen LogP) is 4.10. The fourth-order valence-corrected chi connectivity index (χ4v) is 2.97. The van der Waals surface area contributed by atoms with Crippen LogP contribution in [0.3, 0.4) is 0 Å². The van der Waals surface area contributed by atoms with Crippen LogP contribution in [0.2, 0.25) is 0 Å². The van der Waals surface area contributed by atoms with Gasteiger partial charge in [0.1, 0.15) is 5.75 Å². The summed E-state index contributed by atoms with van der Waals surface area (Å²) in [7, 11) is 1.37. The van der Waals surface area contributed by atoms with Crippen molar-refractivity contribution in [3.05, 3.63) is 59.2 Å². The summed E-state index contributed by atoms with van der Waals surface area (Å²) in [5.41, 5.74) is 3.32. The van der Waals surface area contributed by atoms with Crippen LogP contribution in [0, 0.1) is 6.92 Å². The summed E-state index contributed by atoms with van der Waals surface area (Å²) >= 11 is 5.37. The van der Waals surface area contributed by atoms with Crippen molar-refractivity contribution < 1.29 is 14.3 Å². The Hall–Kier alpha value is -2.60. The topological polar surface area (TPSA) is 59.6 Å². The van der Waals surface area contributed by atoms with E-state index in [0.717, 1.165) is 36.4 Å². The van der Waals surface area contributed by atoms with Crippen molar-refractivity contribution in [2.24, 2.45) is 0 Å². The minimum Gasteiger partial charge on any atom is -0.494 e. The Morgan fingerprint density at radius 3 is 2.67 bits per heavy atom. The van der Waals surface area contributed by atoms with E-state index in [1.807, 2.05) is 38.1 Å². The molecule has 0 aliphatic rings. The summed E-state index contributed by atoms with van der Waals surface area (Å²) in [6.45, 7) is 5.25. The first kappa shape index (κ1) is 20.7. The molecule has 27 heavy (non-hydrogen) atoms. The maximum Gasteiger partial charge on any atom is 0.338 e. The van der Waals surface area contributed by atoms with Crippen molar-refractivity contribution in [3.8, 4) is 5.75 Å². The summed E-state index contributed by atoms with van der Waals surface area (Å²) in [6.07, 6.45) is 1.83. The van der Waals surface area contributed by atoms with E-state index in [1.165, 1.54) is 12.7 Å². The van der Waals surface area contributed by atoms with E-state index in [-0.39, 0.29) is 5.97 Å². The number of aryl methyl sites for hydroxylation is 1. The summed E-state index contributed by atoms with van der Waals surface area (Å²) in [5.74, 6) is 0.582. The molecular weight excluding hydrogens is 360 g/mol. The smallest absolute Gasteiger partial charge is 0.338 e. The average Bonchev–Trinajstić information content (AvgIpc) is 2.67. The van der Waals surface area contributed by atoms with Gasteiger partial charge in [-0.2, -0.15) is 0 Å². The second-order valence-corrected chi connectivity index (χ2v) is 6.40. The Morgan fingerprint density at radius 1 is 1.15 bits per heavy atom. The van der Waals surface area contributed by atoms with Crippen LogP contribution in [0.15, 0.2) is 42.5 Å². The van der Waals surface area contributed by atoms with E-state index in [4.69, 9.17) is 21.7 Å². The number of rotatable bonds is 8. The van der Waals surface area contributed by atoms with Crippen molar-refractivity contribution >= 4 is 29.0 Å². The van der Waals surface area contributed by atoms with Crippen LogP contribution < -0.4 is 15.4 Å². The van der Waals surface area contributed by atoms with E-state index in [1.54, 1.807) is 12.1 Å². The second-order valence-electron chi connectivity index (χ2n) is 5.99. The van der Waals surface area contributed by atoms with Crippen molar-refractivity contribution in [2.75, 3.05) is 25.6 Å². The number of thiocarbonyl (C=S) groups is 1. The molecule has 0 aliphatic heterocycles. The molecule has 6 heteroatoms. The first-order valence-corrected chi connectivity index (χ1v) is 9.41. The van der Waals surface area contributed by atoms with Crippen molar-refractivity contribution in [1.82, 2.24) is 5.32 Å². The van der Waals surface area contributed by atoms with Gasteiger partial charge >= 0.3 is 5.97 Å². The maximum absolute atomic E-state index is 11.8. The highest BCUT2D eigenvalue weighted by Gasteiger charge is 2.12. The molecule has 0 heterocycles. The number of ether oxygens (including phenoxy) is 2. The molecule has 0 spiro atoms. The molecule has 2 rings (SSSR count). The zero-order chi connectivity index (χ0) is 19.6. The van der Waals surface area contributed by atoms with Crippen LogP contribution in [-0.4, -0.2) is 31.3 Å². The number of anilines is 1. The van der Waals surface area contributed by atoms with Gasteiger partial charge in [-0.15, -0.1) is 0 Å². The van der Waals surface area contributed by atoms with Gasteiger partial charge in [0.2, 0.25) is 0 Å². The SMILES string of the molecule is CCOc1ccccc1CCCNC(=S)Nc1cccc(C(=O)OC)c1C. The molecule has 144 valence electrons. The Labute approximate surface area is 166 Å². The molecule has 0 aromatic heterocycles. The van der Waals surface area contributed by atoms with Gasteiger partial charge in [0, 0.05) is 12.2 Å². The van der Waals surface area contributed by atoms with Crippen molar-refractivity contribution in [3.63, 3.8) is 0 Å². The first-order valence-electron chi connectivity index (χ1n) is 9.00. The van der Waals surface area contributed by atoms with Gasteiger partial charge in [-0.25, -0.2) is 4.79 Å². The zero-order valence-electron chi connectivity index (χ0n) is 16.0. The minimum absolute atomic E-state index is 0.358. The summed E-state index contributed by atoms with van der Waals surface area (Å²) < 4.78 is 10.5. The average molecular weight is 387 g/mol. The van der Waals surface area contributed by atoms with Crippen LogP contribution in [0.1, 0.15) is 34.8 Å². The van der Waals surface area contributed by atoms with Crippen LogP contribution in [0.5, 0.6) is 5.75 Å². The fraction of sp³-hybridized carbons (Fsp3) is 0.333. The maximum atomic E-state index is 11.8. The van der Waals surface area contributed by atoms with Crippen LogP contribution in [0.4, 0.5) is 5.69 Å². The van der Waals surface area contributed by atoms with E-state index >= 15 is 0 Å². The Morgan fingerprint density at radius 2 is 1.93 bits per heavy atom. The normalized spacial score (nSPS) is 10.2. The standard InChI is InChI=1S/C21H26N2O3S/c1-4-26-19-13-6-5-9-16(19)10-8-14-22-21(27)23-18-12-7-11-17(15(18)2)20(24)25-3/h5-7,9,11-13H,4,8,10,14H2,1-3H3,(H2,22,23,27). The van der Waals surface area contributed by atoms with Crippen molar-refractivity contribution in [2.45, 2.75) is 26.7 Å². The molecule has 0 saturated heterocycles. The van der Waals surface area contributed by atoms with E-state index in [0.29, 0.717) is 17.3 Å². The lowest BCUT2D eigenvalue weighted by Gasteiger charge is -2.14. The Kier molecular flexibility index (Phi) is 8.07. The fourth-order valence-electron chi connectivity index (χ4n) is 2.76. The van der Waals surface area contributed by atoms with Crippen LogP contribution in [-0.2, 0) is 11.2 Å². The molecular formula is C21H26N2O3S. The van der Waals surface area contributed by atoms with Crippen molar-refractivity contribution in [1.29, 1.82) is 0 Å². The molecule has 0 atom stereocenters. The van der Waals surface area contributed by atoms with Crippen LogP contribution in [0.25, 0.3) is 0 Å². The number of carbonyl (C=O) groups is 1. The predicted molar refractivity (Wildman–Crippen MR) is 113 cm³/mol. The number of hydrogen-bond acceptors (Lipinski definition) is 4. The Bertz CT molecular complexity index is 793. The third-order valence-corrected chi connectivity index (χ3v) is 4.41. The molecule has 0 radical (unpaired) electrons. The molecule has 0 amide bonds. The zero-order valence-corrected chi connectivity index (χ0v) is 16.8. The van der Waals surface area contributed by atoms with E-state index in [9.17, 15) is 4.79 Å². The lowest BCUT2D eigenvalue weighted by molar-refractivity contribution is 0.0600. The molecule has 2 N–H and O–H groups in total. The highest BCUT2D eigenvalue weighted by atomic mass is 32.1. The van der Waals surface area contributed by atoms with Gasteiger partial charge in [-0.05, 0) is 68.2 Å². The molecule has 0 unspecified atom stereocenters. The largest absolute Gasteiger partial charge is 0.494 e. The lowest BCUT2D eigenvalue weighted by Crippen LogP contribution is -2.30. The minimum atomic E-state index is -0.358. The van der Waals surface area contributed by atoms with Gasteiger partial charge < -0.3 is 20.1 Å². The number of esters is 1. The number of hydrogen-bond donors (Lipinski definition) is 2. The van der Waals surface area contributed by atoms with Gasteiger partial charge in [0.15, 0.2) is 5.11 Å². The quantitative estimate of drug-likeness (QED) is 0.405. The van der Waals surface area contributed by atoms with Crippen LogP contribution >= 0.6 is 12.2 Å². The second kappa shape index (κ2) is 10.5. The Balaban J connectivity index is 1.85. The van der Waals surface area contributed by atoms with E-state index in [2.05, 4.69) is 16.7 Å². The number of nitrogens with one attached hydrogen (secondary N) is 2. The van der Waals surface area contributed by atoms with Gasteiger partial charge in [-0.3, -0.25) is 0 Å². The third-order valence-electron chi connectivity index (χ3n) is 4.17. The number of benzene rings is 2. The van der Waals surface area contributed by atoms with Gasteiger partial charge in [-0.1, -0.05) is 24.3 Å². The molecule has 0 bridgehead atoms. The summed E-state index contributed by atoms with van der Waals surface area (Å²) in [5, 5.41) is 6.88. The van der Waals surface area contributed by atoms with E-state index < -0.39 is 0 Å².